The first-order chi connectivity index (χ1) is 4.41. The summed E-state index contributed by atoms with van der Waals surface area (Å²) in [6.07, 6.45) is 0.872. The summed E-state index contributed by atoms with van der Waals surface area (Å²) in [6.45, 7) is 3.58. The van der Waals surface area contributed by atoms with E-state index in [2.05, 4.69) is 17.2 Å². The largest absolute Gasteiger partial charge is 0.395 e. The molecule has 0 saturated carbocycles. The zero-order valence-electron chi connectivity index (χ0n) is 5.78. The molecule has 0 aromatic rings. The summed E-state index contributed by atoms with van der Waals surface area (Å²) in [5.41, 5.74) is 0. The number of nitrogens with one attached hydrogen (secondary N) is 1. The Bertz CT molecular complexity index is 101. The first-order valence-electron chi connectivity index (χ1n) is 3.13. The lowest BCUT2D eigenvalue weighted by atomic mass is 10.4. The van der Waals surface area contributed by atoms with Crippen molar-refractivity contribution >= 4 is 0 Å². The predicted molar refractivity (Wildman–Crippen MR) is 38.0 cm³/mol. The molecule has 0 saturated heterocycles. The molecule has 0 aromatic carbocycles. The number of rotatable bonds is 4. The minimum atomic E-state index is 0.208. The van der Waals surface area contributed by atoms with Gasteiger partial charge < -0.3 is 10.4 Å². The van der Waals surface area contributed by atoms with Gasteiger partial charge in [0.2, 0.25) is 0 Å². The molecule has 0 aliphatic rings. The maximum absolute atomic E-state index is 8.32. The Hall–Kier alpha value is -0.520. The summed E-state index contributed by atoms with van der Waals surface area (Å²) >= 11 is 0. The monoisotopic (exact) mass is 127 g/mol. The minimum absolute atomic E-state index is 0.208. The molecular weight excluding hydrogens is 114 g/mol. The topological polar surface area (TPSA) is 32.3 Å². The summed E-state index contributed by atoms with van der Waals surface area (Å²) in [5, 5.41) is 11.3. The van der Waals surface area contributed by atoms with E-state index in [0.717, 1.165) is 13.0 Å². The predicted octanol–water partition coefficient (Wildman–Crippen LogP) is -0.0183. The summed E-state index contributed by atoms with van der Waals surface area (Å²) in [5.74, 6) is 5.71. The van der Waals surface area contributed by atoms with E-state index in [1.807, 2.05) is 6.92 Å². The second-order valence-electron chi connectivity index (χ2n) is 1.65. The highest BCUT2D eigenvalue weighted by atomic mass is 16.3. The van der Waals surface area contributed by atoms with Gasteiger partial charge in [0.05, 0.1) is 6.61 Å². The second-order valence-corrected chi connectivity index (χ2v) is 1.65. The van der Waals surface area contributed by atoms with Gasteiger partial charge in [-0.25, -0.2) is 0 Å². The van der Waals surface area contributed by atoms with Crippen LogP contribution in [0.5, 0.6) is 0 Å². The van der Waals surface area contributed by atoms with Crippen LogP contribution in [-0.4, -0.2) is 24.8 Å². The average Bonchev–Trinajstić information content (AvgIpc) is 1.89. The van der Waals surface area contributed by atoms with Crippen molar-refractivity contribution in [3.8, 4) is 11.8 Å². The van der Waals surface area contributed by atoms with E-state index < -0.39 is 0 Å². The van der Waals surface area contributed by atoms with Gasteiger partial charge in [0, 0.05) is 19.5 Å². The van der Waals surface area contributed by atoms with E-state index in [4.69, 9.17) is 5.11 Å². The van der Waals surface area contributed by atoms with Crippen LogP contribution in [0.4, 0.5) is 0 Å². The van der Waals surface area contributed by atoms with Crippen LogP contribution in [0.15, 0.2) is 0 Å². The summed E-state index contributed by atoms with van der Waals surface area (Å²) in [4.78, 5) is 0. The zero-order valence-corrected chi connectivity index (χ0v) is 5.78. The van der Waals surface area contributed by atoms with Gasteiger partial charge in [-0.05, 0) is 6.92 Å². The third kappa shape index (κ3) is 7.48. The molecule has 0 aliphatic carbocycles. The summed E-state index contributed by atoms with van der Waals surface area (Å²) < 4.78 is 0. The van der Waals surface area contributed by atoms with Gasteiger partial charge in [0.1, 0.15) is 0 Å². The van der Waals surface area contributed by atoms with Crippen LogP contribution in [0.2, 0.25) is 0 Å². The minimum Gasteiger partial charge on any atom is -0.395 e. The smallest absolute Gasteiger partial charge is 0.0555 e. The molecule has 2 heteroatoms. The van der Waals surface area contributed by atoms with Crippen molar-refractivity contribution < 1.29 is 5.11 Å². The van der Waals surface area contributed by atoms with Gasteiger partial charge >= 0.3 is 0 Å². The molecule has 0 amide bonds. The third-order valence-corrected chi connectivity index (χ3v) is 0.892. The van der Waals surface area contributed by atoms with Gasteiger partial charge in [0.25, 0.3) is 0 Å². The molecule has 0 aliphatic heterocycles. The summed E-state index contributed by atoms with van der Waals surface area (Å²) in [7, 11) is 0. The van der Waals surface area contributed by atoms with Crippen molar-refractivity contribution in [2.75, 3.05) is 19.7 Å². The van der Waals surface area contributed by atoms with E-state index in [1.165, 1.54) is 0 Å². The first kappa shape index (κ1) is 8.48. The Kier molecular flexibility index (Phi) is 7.05. The van der Waals surface area contributed by atoms with Gasteiger partial charge in [-0.15, -0.1) is 11.8 Å². The van der Waals surface area contributed by atoms with Crippen LogP contribution >= 0.6 is 0 Å². The van der Waals surface area contributed by atoms with Gasteiger partial charge in [-0.2, -0.15) is 0 Å². The molecule has 2 nitrogen and oxygen atoms in total. The maximum atomic E-state index is 8.32. The molecule has 0 bridgehead atoms. The van der Waals surface area contributed by atoms with Crippen LogP contribution in [-0.2, 0) is 0 Å². The van der Waals surface area contributed by atoms with Gasteiger partial charge in [0.15, 0.2) is 0 Å². The van der Waals surface area contributed by atoms with Crippen molar-refractivity contribution in [3.05, 3.63) is 0 Å². The first-order valence-corrected chi connectivity index (χ1v) is 3.13. The molecule has 0 aromatic heterocycles. The van der Waals surface area contributed by atoms with Gasteiger partial charge in [-0.1, -0.05) is 0 Å². The third-order valence-electron chi connectivity index (χ3n) is 0.892. The van der Waals surface area contributed by atoms with Crippen LogP contribution in [0.3, 0.4) is 0 Å². The molecule has 52 valence electrons. The molecule has 9 heavy (non-hydrogen) atoms. The number of hydrogen-bond donors (Lipinski definition) is 2. The standard InChI is InChI=1S/C7H13NO/c1-2-3-4-5-8-6-7-9/h8-9H,4-7H2,1H3. The molecule has 0 unspecified atom stereocenters. The molecule has 0 heterocycles. The molecule has 0 rings (SSSR count). The highest BCUT2D eigenvalue weighted by Gasteiger charge is 1.79. The Morgan fingerprint density at radius 3 is 2.78 bits per heavy atom. The van der Waals surface area contributed by atoms with Crippen LogP contribution in [0.25, 0.3) is 0 Å². The summed E-state index contributed by atoms with van der Waals surface area (Å²) in [6, 6.07) is 0. The van der Waals surface area contributed by atoms with Crippen LogP contribution in [0.1, 0.15) is 13.3 Å². The van der Waals surface area contributed by atoms with E-state index in [-0.39, 0.29) is 6.61 Å². The molecule has 0 fully saturated rings. The highest BCUT2D eigenvalue weighted by molar-refractivity contribution is 4.94. The van der Waals surface area contributed by atoms with Crippen LogP contribution < -0.4 is 5.32 Å². The fourth-order valence-corrected chi connectivity index (χ4v) is 0.480. The number of hydrogen-bond acceptors (Lipinski definition) is 2. The molecule has 2 N–H and O–H groups in total. The van der Waals surface area contributed by atoms with Gasteiger partial charge in [-0.3, -0.25) is 0 Å². The molecular formula is C7H13NO. The number of aliphatic hydroxyl groups is 1. The van der Waals surface area contributed by atoms with Crippen molar-refractivity contribution in [1.82, 2.24) is 5.32 Å². The maximum Gasteiger partial charge on any atom is 0.0555 e. The molecule has 0 radical (unpaired) electrons. The Morgan fingerprint density at radius 1 is 1.44 bits per heavy atom. The Labute approximate surface area is 56.3 Å². The molecule has 0 atom stereocenters. The highest BCUT2D eigenvalue weighted by Crippen LogP contribution is 1.69. The van der Waals surface area contributed by atoms with E-state index in [0.29, 0.717) is 6.54 Å². The quantitative estimate of drug-likeness (QED) is 0.411. The van der Waals surface area contributed by atoms with Crippen molar-refractivity contribution in [1.29, 1.82) is 0 Å². The van der Waals surface area contributed by atoms with E-state index >= 15 is 0 Å². The lowest BCUT2D eigenvalue weighted by Crippen LogP contribution is -2.18. The van der Waals surface area contributed by atoms with Crippen molar-refractivity contribution in [2.24, 2.45) is 0 Å². The Balaban J connectivity index is 2.80. The zero-order chi connectivity index (χ0) is 6.95. The lowest BCUT2D eigenvalue weighted by molar-refractivity contribution is 0.293. The van der Waals surface area contributed by atoms with Crippen molar-refractivity contribution in [2.45, 2.75) is 13.3 Å². The Morgan fingerprint density at radius 2 is 2.22 bits per heavy atom. The number of aliphatic hydroxyl groups excluding tert-OH is 1. The van der Waals surface area contributed by atoms with E-state index in [1.54, 1.807) is 0 Å². The lowest BCUT2D eigenvalue weighted by Gasteiger charge is -1.95. The van der Waals surface area contributed by atoms with Crippen molar-refractivity contribution in [3.63, 3.8) is 0 Å². The fraction of sp³-hybridized carbons (Fsp3) is 0.714. The second kappa shape index (κ2) is 7.48. The average molecular weight is 127 g/mol. The normalized spacial score (nSPS) is 8.22. The van der Waals surface area contributed by atoms with E-state index in [9.17, 15) is 0 Å². The van der Waals surface area contributed by atoms with Crippen LogP contribution in [0, 0.1) is 11.8 Å². The fourth-order valence-electron chi connectivity index (χ4n) is 0.480. The SMILES string of the molecule is CC#CCCNCCO. The molecule has 0 spiro atoms.